The quantitative estimate of drug-likeness (QED) is 0.764. The van der Waals surface area contributed by atoms with Gasteiger partial charge >= 0.3 is 0 Å². The van der Waals surface area contributed by atoms with Gasteiger partial charge in [0.25, 0.3) is 5.91 Å². The Kier molecular flexibility index (Phi) is 4.53. The molecular formula is C11H11Cl2N5O. The molecule has 1 amide bonds. The van der Waals surface area contributed by atoms with Crippen molar-refractivity contribution < 1.29 is 4.79 Å². The molecule has 1 saturated heterocycles. The molecule has 2 heterocycles. The number of carbonyl (C=O) groups is 1. The van der Waals surface area contributed by atoms with Gasteiger partial charge in [-0.3, -0.25) is 9.69 Å². The molecule has 0 unspecified atom stereocenters. The zero-order valence-electron chi connectivity index (χ0n) is 10.0. The van der Waals surface area contributed by atoms with E-state index in [1.54, 1.807) is 4.90 Å². The van der Waals surface area contributed by atoms with Crippen LogP contribution in [0.25, 0.3) is 0 Å². The van der Waals surface area contributed by atoms with Gasteiger partial charge in [-0.05, 0) is 6.07 Å². The van der Waals surface area contributed by atoms with Crippen molar-refractivity contribution in [1.29, 1.82) is 5.26 Å². The average molecular weight is 300 g/mol. The number of nitrogens with zero attached hydrogens (tertiary/aromatic N) is 5. The third-order valence-electron chi connectivity index (χ3n) is 2.90. The SMILES string of the molecule is N#CCN1CCN(C(=O)c2cc(Cl)nnc2Cl)CC1. The van der Waals surface area contributed by atoms with Crippen molar-refractivity contribution in [3.8, 4) is 6.07 Å². The van der Waals surface area contributed by atoms with Gasteiger partial charge in [-0.1, -0.05) is 23.2 Å². The fraction of sp³-hybridized carbons (Fsp3) is 0.455. The molecule has 0 spiro atoms. The monoisotopic (exact) mass is 299 g/mol. The van der Waals surface area contributed by atoms with Crippen LogP contribution in [0.4, 0.5) is 0 Å². The van der Waals surface area contributed by atoms with E-state index in [0.717, 1.165) is 0 Å². The number of nitriles is 1. The Hall–Kier alpha value is -1.42. The van der Waals surface area contributed by atoms with E-state index in [4.69, 9.17) is 28.5 Å². The van der Waals surface area contributed by atoms with Crippen LogP contribution in [0, 0.1) is 11.3 Å². The highest BCUT2D eigenvalue weighted by Gasteiger charge is 2.24. The largest absolute Gasteiger partial charge is 0.336 e. The normalized spacial score (nSPS) is 16.2. The van der Waals surface area contributed by atoms with Crippen LogP contribution in [0.5, 0.6) is 0 Å². The van der Waals surface area contributed by atoms with Gasteiger partial charge in [-0.25, -0.2) is 0 Å². The molecule has 0 radical (unpaired) electrons. The molecule has 8 heteroatoms. The molecule has 1 aliphatic rings. The predicted molar refractivity (Wildman–Crippen MR) is 70.0 cm³/mol. The highest BCUT2D eigenvalue weighted by molar-refractivity contribution is 6.34. The minimum Gasteiger partial charge on any atom is -0.336 e. The standard InChI is InChI=1S/C11H11Cl2N5O/c12-9-7-8(10(13)16-15-9)11(19)18-5-3-17(2-1-14)4-6-18/h7H,2-6H2. The topological polar surface area (TPSA) is 73.1 Å². The Labute approximate surface area is 120 Å². The summed E-state index contributed by atoms with van der Waals surface area (Å²) in [6, 6.07) is 3.51. The van der Waals surface area contributed by atoms with E-state index in [2.05, 4.69) is 16.3 Å². The molecule has 2 rings (SSSR count). The zero-order valence-corrected chi connectivity index (χ0v) is 11.5. The average Bonchev–Trinajstić information content (AvgIpc) is 2.42. The van der Waals surface area contributed by atoms with Crippen LogP contribution < -0.4 is 0 Å². The van der Waals surface area contributed by atoms with Crippen LogP contribution in [-0.2, 0) is 0 Å². The van der Waals surface area contributed by atoms with Crippen LogP contribution in [0.2, 0.25) is 10.3 Å². The van der Waals surface area contributed by atoms with E-state index in [1.165, 1.54) is 6.07 Å². The van der Waals surface area contributed by atoms with E-state index in [-0.39, 0.29) is 21.8 Å². The predicted octanol–water partition coefficient (Wildman–Crippen LogP) is 1.06. The van der Waals surface area contributed by atoms with Gasteiger partial charge in [0.2, 0.25) is 0 Å². The second-order valence-electron chi connectivity index (χ2n) is 4.10. The van der Waals surface area contributed by atoms with E-state index in [9.17, 15) is 4.79 Å². The summed E-state index contributed by atoms with van der Waals surface area (Å²) in [6.07, 6.45) is 0. The lowest BCUT2D eigenvalue weighted by molar-refractivity contribution is 0.0651. The van der Waals surface area contributed by atoms with Gasteiger partial charge in [0.05, 0.1) is 18.2 Å². The van der Waals surface area contributed by atoms with Crippen molar-refractivity contribution in [1.82, 2.24) is 20.0 Å². The first-order valence-electron chi connectivity index (χ1n) is 5.69. The number of aromatic nitrogens is 2. The van der Waals surface area contributed by atoms with Crippen LogP contribution in [0.3, 0.4) is 0 Å². The fourth-order valence-electron chi connectivity index (χ4n) is 1.88. The Bertz CT molecular complexity index is 522. The second kappa shape index (κ2) is 6.15. The third-order valence-corrected chi connectivity index (χ3v) is 3.37. The molecule has 1 aromatic heterocycles. The number of piperazine rings is 1. The van der Waals surface area contributed by atoms with Crippen molar-refractivity contribution >= 4 is 29.1 Å². The van der Waals surface area contributed by atoms with Crippen molar-refractivity contribution in [2.45, 2.75) is 0 Å². The molecule has 1 aromatic rings. The zero-order chi connectivity index (χ0) is 13.8. The smallest absolute Gasteiger partial charge is 0.257 e. The number of carbonyl (C=O) groups excluding carboxylic acids is 1. The van der Waals surface area contributed by atoms with Gasteiger partial charge in [0.1, 0.15) is 0 Å². The minimum atomic E-state index is -0.210. The first kappa shape index (κ1) is 14.0. The number of hydrogen-bond acceptors (Lipinski definition) is 5. The Balaban J connectivity index is 2.05. The first-order valence-corrected chi connectivity index (χ1v) is 6.44. The Morgan fingerprint density at radius 1 is 1.32 bits per heavy atom. The van der Waals surface area contributed by atoms with E-state index >= 15 is 0 Å². The Morgan fingerprint density at radius 3 is 2.63 bits per heavy atom. The maximum Gasteiger partial charge on any atom is 0.257 e. The maximum absolute atomic E-state index is 12.3. The molecule has 0 saturated carbocycles. The minimum absolute atomic E-state index is 0.0499. The summed E-state index contributed by atoms with van der Waals surface area (Å²) < 4.78 is 0. The summed E-state index contributed by atoms with van der Waals surface area (Å²) >= 11 is 11.6. The summed E-state index contributed by atoms with van der Waals surface area (Å²) in [5, 5.41) is 16.0. The number of rotatable bonds is 2. The van der Waals surface area contributed by atoms with Crippen molar-refractivity contribution in [2.24, 2.45) is 0 Å². The summed E-state index contributed by atoms with van der Waals surface area (Å²) in [4.78, 5) is 15.9. The van der Waals surface area contributed by atoms with E-state index in [0.29, 0.717) is 32.7 Å². The lowest BCUT2D eigenvalue weighted by Gasteiger charge is -2.33. The van der Waals surface area contributed by atoms with Crippen LogP contribution >= 0.6 is 23.2 Å². The highest BCUT2D eigenvalue weighted by atomic mass is 35.5. The molecule has 0 atom stereocenters. The van der Waals surface area contributed by atoms with E-state index < -0.39 is 0 Å². The lowest BCUT2D eigenvalue weighted by Crippen LogP contribution is -2.48. The van der Waals surface area contributed by atoms with Crippen LogP contribution in [-0.4, -0.2) is 58.6 Å². The van der Waals surface area contributed by atoms with Gasteiger partial charge in [0.15, 0.2) is 10.3 Å². The second-order valence-corrected chi connectivity index (χ2v) is 4.84. The van der Waals surface area contributed by atoms with Gasteiger partial charge in [-0.2, -0.15) is 5.26 Å². The Morgan fingerprint density at radius 2 is 2.00 bits per heavy atom. The van der Waals surface area contributed by atoms with Gasteiger partial charge in [0, 0.05) is 26.2 Å². The third kappa shape index (κ3) is 3.32. The summed E-state index contributed by atoms with van der Waals surface area (Å²) in [5.74, 6) is -0.210. The molecular weight excluding hydrogens is 289 g/mol. The molecule has 0 aliphatic carbocycles. The maximum atomic E-state index is 12.3. The summed E-state index contributed by atoms with van der Waals surface area (Å²) in [5.41, 5.74) is 0.260. The van der Waals surface area contributed by atoms with Crippen LogP contribution in [0.15, 0.2) is 6.07 Å². The van der Waals surface area contributed by atoms with E-state index in [1.807, 2.05) is 4.90 Å². The van der Waals surface area contributed by atoms with Crippen LogP contribution in [0.1, 0.15) is 10.4 Å². The van der Waals surface area contributed by atoms with Crippen molar-refractivity contribution in [3.63, 3.8) is 0 Å². The first-order chi connectivity index (χ1) is 9.11. The fourth-order valence-corrected chi connectivity index (χ4v) is 2.20. The highest BCUT2D eigenvalue weighted by Crippen LogP contribution is 2.18. The molecule has 1 aliphatic heterocycles. The number of amides is 1. The molecule has 0 bridgehead atoms. The summed E-state index contributed by atoms with van der Waals surface area (Å²) in [7, 11) is 0. The van der Waals surface area contributed by atoms with Gasteiger partial charge < -0.3 is 4.90 Å². The summed E-state index contributed by atoms with van der Waals surface area (Å²) in [6.45, 7) is 2.82. The van der Waals surface area contributed by atoms with Gasteiger partial charge in [-0.15, -0.1) is 10.2 Å². The number of hydrogen-bond donors (Lipinski definition) is 0. The lowest BCUT2D eigenvalue weighted by atomic mass is 10.2. The molecule has 1 fully saturated rings. The molecule has 100 valence electrons. The van der Waals surface area contributed by atoms with Crippen molar-refractivity contribution in [2.75, 3.05) is 32.7 Å². The molecule has 19 heavy (non-hydrogen) atoms. The molecule has 0 aromatic carbocycles. The molecule has 0 N–H and O–H groups in total. The number of halogens is 2. The molecule has 6 nitrogen and oxygen atoms in total. The van der Waals surface area contributed by atoms with Crippen molar-refractivity contribution in [3.05, 3.63) is 21.9 Å².